The second kappa shape index (κ2) is 6.50. The zero-order chi connectivity index (χ0) is 14.7. The number of halogens is 1. The number of aromatic nitrogens is 1. The van der Waals surface area contributed by atoms with Gasteiger partial charge in [0.15, 0.2) is 4.80 Å². The van der Waals surface area contributed by atoms with Crippen LogP contribution in [0.4, 0.5) is 0 Å². The fraction of sp³-hybridized carbons (Fsp3) is 0.333. The van der Waals surface area contributed by atoms with E-state index >= 15 is 0 Å². The van der Waals surface area contributed by atoms with Gasteiger partial charge in [0.1, 0.15) is 0 Å². The number of benzene rings is 1. The minimum Gasteiger partial charge on any atom is -0.313 e. The summed E-state index contributed by atoms with van der Waals surface area (Å²) < 4.78 is 4.16. The van der Waals surface area contributed by atoms with Gasteiger partial charge in [-0.3, -0.25) is 4.79 Å². The first-order chi connectivity index (χ1) is 9.51. The fourth-order valence-electron chi connectivity index (χ4n) is 1.94. The zero-order valence-electron chi connectivity index (χ0n) is 11.6. The summed E-state index contributed by atoms with van der Waals surface area (Å²) in [7, 11) is 0. The third kappa shape index (κ3) is 3.46. The van der Waals surface area contributed by atoms with Crippen LogP contribution in [-0.2, 0) is 11.3 Å². The first-order valence-electron chi connectivity index (χ1n) is 6.48. The Bertz CT molecular complexity index is 712. The number of thiazole rings is 1. The summed E-state index contributed by atoms with van der Waals surface area (Å²) in [6, 6.07) is 6.07. The summed E-state index contributed by atoms with van der Waals surface area (Å²) in [5.74, 6) is 0.256. The monoisotopic (exact) mass is 352 g/mol. The van der Waals surface area contributed by atoms with Crippen molar-refractivity contribution in [3.05, 3.63) is 40.1 Å². The van der Waals surface area contributed by atoms with E-state index in [4.69, 9.17) is 0 Å². The van der Waals surface area contributed by atoms with E-state index in [-0.39, 0.29) is 5.91 Å². The van der Waals surface area contributed by atoms with Crippen LogP contribution in [-0.4, -0.2) is 10.5 Å². The number of hydrogen-bond donors (Lipinski definition) is 0. The van der Waals surface area contributed by atoms with Crippen molar-refractivity contribution in [3.63, 3.8) is 0 Å². The van der Waals surface area contributed by atoms with Crippen molar-refractivity contribution in [3.8, 4) is 0 Å². The van der Waals surface area contributed by atoms with Crippen molar-refractivity contribution in [1.29, 1.82) is 0 Å². The zero-order valence-corrected chi connectivity index (χ0v) is 14.0. The van der Waals surface area contributed by atoms with Crippen molar-refractivity contribution in [2.24, 2.45) is 10.9 Å². The molecule has 0 aliphatic rings. The van der Waals surface area contributed by atoms with E-state index in [2.05, 4.69) is 27.5 Å². The molecule has 3 nitrogen and oxygen atoms in total. The number of amides is 1. The van der Waals surface area contributed by atoms with E-state index in [0.717, 1.165) is 19.5 Å². The maximum absolute atomic E-state index is 11.9. The molecule has 0 unspecified atom stereocenters. The van der Waals surface area contributed by atoms with E-state index in [1.807, 2.05) is 42.7 Å². The van der Waals surface area contributed by atoms with Gasteiger partial charge in [0.05, 0.1) is 10.2 Å². The molecule has 0 radical (unpaired) electrons. The van der Waals surface area contributed by atoms with Gasteiger partial charge >= 0.3 is 0 Å². The molecule has 0 atom stereocenters. The molecule has 0 fully saturated rings. The quantitative estimate of drug-likeness (QED) is 0.762. The van der Waals surface area contributed by atoms with Gasteiger partial charge in [0.2, 0.25) is 5.91 Å². The lowest BCUT2D eigenvalue weighted by molar-refractivity contribution is -0.118. The average molecular weight is 353 g/mol. The predicted molar refractivity (Wildman–Crippen MR) is 87.7 cm³/mol. The minimum atomic E-state index is -0.0663. The van der Waals surface area contributed by atoms with Gasteiger partial charge in [0, 0.05) is 17.4 Å². The van der Waals surface area contributed by atoms with Crippen LogP contribution < -0.4 is 4.80 Å². The maximum Gasteiger partial charge on any atom is 0.248 e. The van der Waals surface area contributed by atoms with E-state index in [1.165, 1.54) is 11.3 Å². The van der Waals surface area contributed by atoms with Crippen LogP contribution in [0.5, 0.6) is 0 Å². The third-order valence-electron chi connectivity index (χ3n) is 2.76. The summed E-state index contributed by atoms with van der Waals surface area (Å²) in [4.78, 5) is 16.9. The normalized spacial score (nSPS) is 12.3. The van der Waals surface area contributed by atoms with Crippen LogP contribution in [0.25, 0.3) is 10.2 Å². The summed E-state index contributed by atoms with van der Waals surface area (Å²) in [5, 5.41) is 0. The summed E-state index contributed by atoms with van der Waals surface area (Å²) >= 11 is 5.00. The number of allylic oxidation sites excluding steroid dienone is 1. The molecule has 1 aromatic heterocycles. The first-order valence-corrected chi connectivity index (χ1v) is 8.09. The van der Waals surface area contributed by atoms with E-state index in [1.54, 1.807) is 0 Å². The van der Waals surface area contributed by atoms with Crippen molar-refractivity contribution in [2.75, 3.05) is 0 Å². The van der Waals surface area contributed by atoms with Crippen LogP contribution in [0.3, 0.4) is 0 Å². The number of hydrogen-bond acceptors (Lipinski definition) is 2. The number of carbonyl (C=O) groups is 1. The second-order valence-electron chi connectivity index (χ2n) is 5.00. The van der Waals surface area contributed by atoms with Gasteiger partial charge in [-0.25, -0.2) is 0 Å². The molecule has 0 bridgehead atoms. The van der Waals surface area contributed by atoms with Gasteiger partial charge in [-0.2, -0.15) is 4.99 Å². The van der Waals surface area contributed by atoms with Crippen molar-refractivity contribution in [1.82, 2.24) is 4.57 Å². The Hall–Kier alpha value is -1.20. The van der Waals surface area contributed by atoms with Gasteiger partial charge in [0.25, 0.3) is 0 Å². The molecular weight excluding hydrogens is 336 g/mol. The van der Waals surface area contributed by atoms with Crippen molar-refractivity contribution >= 4 is 43.4 Å². The van der Waals surface area contributed by atoms with Crippen LogP contribution in [0.1, 0.15) is 20.3 Å². The SMILES string of the molecule is C=CCn1c(=NC(=O)CC(C)C)sc2cc(Br)ccc21. The lowest BCUT2D eigenvalue weighted by Gasteiger charge is -2.01. The van der Waals surface area contributed by atoms with Crippen LogP contribution in [0.15, 0.2) is 40.3 Å². The van der Waals surface area contributed by atoms with Crippen LogP contribution in [0, 0.1) is 5.92 Å². The van der Waals surface area contributed by atoms with Crippen molar-refractivity contribution in [2.45, 2.75) is 26.8 Å². The van der Waals surface area contributed by atoms with Gasteiger partial charge in [-0.1, -0.05) is 47.2 Å². The Morgan fingerprint density at radius 3 is 2.95 bits per heavy atom. The molecular formula is C15H17BrN2OS. The Morgan fingerprint density at radius 2 is 2.30 bits per heavy atom. The fourth-order valence-corrected chi connectivity index (χ4v) is 3.55. The molecule has 5 heteroatoms. The molecule has 0 saturated heterocycles. The van der Waals surface area contributed by atoms with Crippen LogP contribution >= 0.6 is 27.3 Å². The molecule has 1 heterocycles. The van der Waals surface area contributed by atoms with Crippen LogP contribution in [0.2, 0.25) is 0 Å². The number of fused-ring (bicyclic) bond motifs is 1. The molecule has 1 aromatic carbocycles. The molecule has 2 aromatic rings. The second-order valence-corrected chi connectivity index (χ2v) is 6.92. The maximum atomic E-state index is 11.9. The largest absolute Gasteiger partial charge is 0.313 e. The first kappa shape index (κ1) is 15.2. The van der Waals surface area contributed by atoms with Crippen molar-refractivity contribution < 1.29 is 4.79 Å². The Labute approximate surface area is 130 Å². The van der Waals surface area contributed by atoms with E-state index in [0.29, 0.717) is 18.9 Å². The summed E-state index contributed by atoms with van der Waals surface area (Å²) in [6.07, 6.45) is 2.30. The molecule has 106 valence electrons. The smallest absolute Gasteiger partial charge is 0.248 e. The molecule has 2 rings (SSSR count). The standard InChI is InChI=1S/C15H17BrN2OS/c1-4-7-18-12-6-5-11(16)9-13(12)20-15(18)17-14(19)8-10(2)3/h4-6,9-10H,1,7-8H2,2-3H3. The summed E-state index contributed by atoms with van der Waals surface area (Å²) in [6.45, 7) is 8.47. The molecule has 0 aliphatic carbocycles. The van der Waals surface area contributed by atoms with Gasteiger partial charge in [-0.05, 0) is 24.1 Å². The molecule has 0 aliphatic heterocycles. The number of carbonyl (C=O) groups excluding carboxylic acids is 1. The Kier molecular flexibility index (Phi) is 4.94. The average Bonchev–Trinajstić information content (AvgIpc) is 2.66. The summed E-state index contributed by atoms with van der Waals surface area (Å²) in [5.41, 5.74) is 1.08. The molecule has 1 amide bonds. The molecule has 0 spiro atoms. The Morgan fingerprint density at radius 1 is 1.55 bits per heavy atom. The third-order valence-corrected chi connectivity index (χ3v) is 4.29. The minimum absolute atomic E-state index is 0.0663. The number of nitrogens with zero attached hydrogens (tertiary/aromatic N) is 2. The van der Waals surface area contributed by atoms with E-state index < -0.39 is 0 Å². The van der Waals surface area contributed by atoms with Gasteiger partial charge in [-0.15, -0.1) is 6.58 Å². The molecule has 20 heavy (non-hydrogen) atoms. The molecule has 0 saturated carbocycles. The topological polar surface area (TPSA) is 34.4 Å². The van der Waals surface area contributed by atoms with Gasteiger partial charge < -0.3 is 4.57 Å². The van der Waals surface area contributed by atoms with E-state index in [9.17, 15) is 4.79 Å². The highest BCUT2D eigenvalue weighted by atomic mass is 79.9. The highest BCUT2D eigenvalue weighted by molar-refractivity contribution is 9.10. The highest BCUT2D eigenvalue weighted by Crippen LogP contribution is 2.22. The predicted octanol–water partition coefficient (Wildman–Crippen LogP) is 4.12. The Balaban J connectivity index is 2.56. The molecule has 0 N–H and O–H groups in total. The number of rotatable bonds is 4. The lowest BCUT2D eigenvalue weighted by atomic mass is 10.1. The highest BCUT2D eigenvalue weighted by Gasteiger charge is 2.08. The lowest BCUT2D eigenvalue weighted by Crippen LogP contribution is -2.16.